The van der Waals surface area contributed by atoms with Crippen molar-refractivity contribution < 1.29 is 17.7 Å². The zero-order valence-electron chi connectivity index (χ0n) is 13.9. The van der Waals surface area contributed by atoms with Gasteiger partial charge in [-0.15, -0.1) is 0 Å². The lowest BCUT2D eigenvalue weighted by Crippen LogP contribution is -2.43. The van der Waals surface area contributed by atoms with Gasteiger partial charge in [-0.25, -0.2) is 13.1 Å². The van der Waals surface area contributed by atoms with Gasteiger partial charge in [0, 0.05) is 31.1 Å². The van der Waals surface area contributed by atoms with Crippen LogP contribution < -0.4 is 4.72 Å². The van der Waals surface area contributed by atoms with Crippen LogP contribution in [0.25, 0.3) is 0 Å². The van der Waals surface area contributed by atoms with Gasteiger partial charge in [0.25, 0.3) is 0 Å². The third-order valence-corrected chi connectivity index (χ3v) is 5.68. The van der Waals surface area contributed by atoms with Crippen LogP contribution in [0.15, 0.2) is 4.52 Å². The van der Waals surface area contributed by atoms with Gasteiger partial charge in [-0.05, 0) is 32.7 Å². The first-order chi connectivity index (χ1) is 10.8. The summed E-state index contributed by atoms with van der Waals surface area (Å²) in [5.74, 6) is 1.79. The molecule has 1 aromatic rings. The number of rotatable bonds is 5. The summed E-state index contributed by atoms with van der Waals surface area (Å²) in [6.07, 6.45) is 2.21. The van der Waals surface area contributed by atoms with E-state index in [4.69, 9.17) is 9.26 Å². The highest BCUT2D eigenvalue weighted by Crippen LogP contribution is 2.35. The summed E-state index contributed by atoms with van der Waals surface area (Å²) in [7, 11) is -3.16. The summed E-state index contributed by atoms with van der Waals surface area (Å²) < 4.78 is 36.2. The number of ether oxygens (including phenoxy) is 1. The number of aryl methyl sites for hydroxylation is 2. The molecule has 8 heteroatoms. The van der Waals surface area contributed by atoms with Gasteiger partial charge in [-0.2, -0.15) is 0 Å². The Balaban J connectivity index is 1.56. The van der Waals surface area contributed by atoms with E-state index in [9.17, 15) is 8.42 Å². The highest BCUT2D eigenvalue weighted by Gasteiger charge is 2.40. The van der Waals surface area contributed by atoms with Crippen molar-refractivity contribution >= 4 is 10.0 Å². The average Bonchev–Trinajstić information content (AvgIpc) is 3.02. The molecule has 23 heavy (non-hydrogen) atoms. The zero-order valence-corrected chi connectivity index (χ0v) is 14.7. The van der Waals surface area contributed by atoms with E-state index in [1.54, 1.807) is 0 Å². The quantitative estimate of drug-likeness (QED) is 0.846. The Morgan fingerprint density at radius 1 is 1.39 bits per heavy atom. The lowest BCUT2D eigenvalue weighted by atomic mass is 9.84. The molecule has 0 saturated carbocycles. The highest BCUT2D eigenvalue weighted by molar-refractivity contribution is 7.88. The Kier molecular flexibility index (Phi) is 4.78. The van der Waals surface area contributed by atoms with Crippen LogP contribution in [-0.4, -0.2) is 57.1 Å². The summed E-state index contributed by atoms with van der Waals surface area (Å²) in [4.78, 5) is 2.42. The maximum absolute atomic E-state index is 11.3. The molecule has 3 heterocycles. The van der Waals surface area contributed by atoms with Gasteiger partial charge in [-0.1, -0.05) is 5.16 Å². The van der Waals surface area contributed by atoms with Gasteiger partial charge >= 0.3 is 0 Å². The maximum atomic E-state index is 11.3. The summed E-state index contributed by atoms with van der Waals surface area (Å²) in [6, 6.07) is 0. The minimum Gasteiger partial charge on any atom is -0.376 e. The molecule has 0 radical (unpaired) electrons. The predicted molar refractivity (Wildman–Crippen MR) is 85.4 cm³/mol. The van der Waals surface area contributed by atoms with Crippen LogP contribution >= 0.6 is 0 Å². The van der Waals surface area contributed by atoms with Crippen LogP contribution in [0.4, 0.5) is 0 Å². The fourth-order valence-electron chi connectivity index (χ4n) is 3.70. The van der Waals surface area contributed by atoms with Gasteiger partial charge in [-0.3, -0.25) is 4.90 Å². The number of nitrogens with zero attached hydrogens (tertiary/aromatic N) is 2. The second kappa shape index (κ2) is 6.51. The second-order valence-corrected chi connectivity index (χ2v) is 8.58. The molecule has 3 atom stereocenters. The number of sulfonamides is 1. The Morgan fingerprint density at radius 2 is 2.17 bits per heavy atom. The number of hydrogen-bond donors (Lipinski definition) is 1. The van der Waals surface area contributed by atoms with Crippen LogP contribution in [0.5, 0.6) is 0 Å². The Labute approximate surface area is 137 Å². The molecule has 1 aromatic heterocycles. The molecule has 1 N–H and O–H groups in total. The van der Waals surface area contributed by atoms with Crippen LogP contribution in [0.3, 0.4) is 0 Å². The lowest BCUT2D eigenvalue weighted by Gasteiger charge is -2.35. The predicted octanol–water partition coefficient (Wildman–Crippen LogP) is 0.678. The Hall–Kier alpha value is -0.960. The van der Waals surface area contributed by atoms with E-state index in [2.05, 4.69) is 14.8 Å². The SMILES string of the molecule is Cc1noc(C)c1CN1CC[C@@H]2[C@@H](CO[C@H]2CNS(C)(=O)=O)C1. The Morgan fingerprint density at radius 3 is 2.83 bits per heavy atom. The molecule has 0 spiro atoms. The minimum absolute atomic E-state index is 0.00376. The second-order valence-electron chi connectivity index (χ2n) is 6.74. The normalized spacial score (nSPS) is 28.9. The highest BCUT2D eigenvalue weighted by atomic mass is 32.2. The smallest absolute Gasteiger partial charge is 0.208 e. The van der Waals surface area contributed by atoms with Crippen molar-refractivity contribution in [1.29, 1.82) is 0 Å². The lowest BCUT2D eigenvalue weighted by molar-refractivity contribution is 0.0884. The number of aromatic nitrogens is 1. The molecular weight excluding hydrogens is 318 g/mol. The number of piperidine rings is 1. The number of likely N-dealkylation sites (tertiary alicyclic amines) is 1. The molecule has 2 fully saturated rings. The average molecular weight is 343 g/mol. The van der Waals surface area contributed by atoms with Crippen LogP contribution in [0.2, 0.25) is 0 Å². The van der Waals surface area contributed by atoms with E-state index in [0.29, 0.717) is 25.0 Å². The van der Waals surface area contributed by atoms with Crippen molar-refractivity contribution in [3.63, 3.8) is 0 Å². The van der Waals surface area contributed by atoms with Gasteiger partial charge in [0.1, 0.15) is 5.76 Å². The molecule has 0 amide bonds. The van der Waals surface area contributed by atoms with Crippen molar-refractivity contribution in [3.05, 3.63) is 17.0 Å². The molecule has 0 aliphatic carbocycles. The van der Waals surface area contributed by atoms with Gasteiger partial charge in [0.05, 0.1) is 24.7 Å². The van der Waals surface area contributed by atoms with E-state index in [1.165, 1.54) is 11.8 Å². The molecule has 2 aliphatic heterocycles. The van der Waals surface area contributed by atoms with Crippen LogP contribution in [0.1, 0.15) is 23.4 Å². The topological polar surface area (TPSA) is 84.7 Å². The van der Waals surface area contributed by atoms with Crippen molar-refractivity contribution in [2.45, 2.75) is 32.9 Å². The van der Waals surface area contributed by atoms with Gasteiger partial charge in [0.2, 0.25) is 10.0 Å². The molecule has 2 saturated heterocycles. The van der Waals surface area contributed by atoms with E-state index < -0.39 is 10.0 Å². The molecule has 7 nitrogen and oxygen atoms in total. The fraction of sp³-hybridized carbons (Fsp3) is 0.800. The summed E-state index contributed by atoms with van der Waals surface area (Å²) in [5, 5.41) is 4.02. The minimum atomic E-state index is -3.16. The standard InChI is InChI=1S/C15H25N3O4S/c1-10-14(11(2)22-17-10)8-18-5-4-13-12(7-18)9-21-15(13)6-16-23(3,19)20/h12-13,15-16H,4-9H2,1-3H3/t12-,13-,15+/m1/s1. The largest absolute Gasteiger partial charge is 0.376 e. The summed E-state index contributed by atoms with van der Waals surface area (Å²) >= 11 is 0. The Bertz CT molecular complexity index is 638. The first-order valence-electron chi connectivity index (χ1n) is 8.04. The van der Waals surface area contributed by atoms with E-state index >= 15 is 0 Å². The first-order valence-corrected chi connectivity index (χ1v) is 9.93. The van der Waals surface area contributed by atoms with Crippen LogP contribution in [-0.2, 0) is 21.3 Å². The number of fused-ring (bicyclic) bond motifs is 1. The van der Waals surface area contributed by atoms with Crippen molar-refractivity contribution in [3.8, 4) is 0 Å². The first kappa shape index (κ1) is 16.9. The van der Waals surface area contributed by atoms with Crippen LogP contribution in [0, 0.1) is 25.7 Å². The molecule has 2 aliphatic rings. The molecule has 3 rings (SSSR count). The number of nitrogens with one attached hydrogen (secondary N) is 1. The van der Waals surface area contributed by atoms with Gasteiger partial charge in [0.15, 0.2) is 0 Å². The van der Waals surface area contributed by atoms with E-state index in [0.717, 1.165) is 37.5 Å². The monoisotopic (exact) mass is 343 g/mol. The molecule has 0 unspecified atom stereocenters. The van der Waals surface area contributed by atoms with Crippen molar-refractivity contribution in [2.75, 3.05) is 32.5 Å². The summed E-state index contributed by atoms with van der Waals surface area (Å²) in [6.45, 7) is 7.84. The summed E-state index contributed by atoms with van der Waals surface area (Å²) in [5.41, 5.74) is 2.14. The number of hydrogen-bond acceptors (Lipinski definition) is 6. The van der Waals surface area contributed by atoms with Crippen molar-refractivity contribution in [1.82, 2.24) is 14.8 Å². The van der Waals surface area contributed by atoms with Crippen molar-refractivity contribution in [2.24, 2.45) is 11.8 Å². The molecular formula is C15H25N3O4S. The van der Waals surface area contributed by atoms with E-state index in [-0.39, 0.29) is 6.10 Å². The third-order valence-electron chi connectivity index (χ3n) is 4.99. The maximum Gasteiger partial charge on any atom is 0.208 e. The molecule has 130 valence electrons. The third kappa shape index (κ3) is 3.93. The van der Waals surface area contributed by atoms with Gasteiger partial charge < -0.3 is 9.26 Å². The molecule has 0 aromatic carbocycles. The van der Waals surface area contributed by atoms with E-state index in [1.807, 2.05) is 13.8 Å². The fourth-order valence-corrected chi connectivity index (χ4v) is 4.17. The zero-order chi connectivity index (χ0) is 16.6. The molecule has 0 bridgehead atoms.